The first kappa shape index (κ1) is 19.8. The van der Waals surface area contributed by atoms with Crippen LogP contribution in [-0.2, 0) is 19.1 Å². The van der Waals surface area contributed by atoms with Crippen LogP contribution < -0.4 is 9.47 Å². The SMILES string of the molecule is COC1=CC(=O)C=C(OC)C1=O.COc1cc(C=O)cc(OC)c1O. The van der Waals surface area contributed by atoms with Crippen LogP contribution in [0, 0.1) is 0 Å². The number of carbonyl (C=O) groups excluding carboxylic acids is 3. The molecule has 0 aromatic heterocycles. The van der Waals surface area contributed by atoms with Crippen molar-refractivity contribution in [2.24, 2.45) is 0 Å². The summed E-state index contributed by atoms with van der Waals surface area (Å²) in [4.78, 5) is 32.5. The van der Waals surface area contributed by atoms with Gasteiger partial charge >= 0.3 is 0 Å². The molecule has 0 radical (unpaired) electrons. The molecule has 1 aromatic rings. The zero-order valence-corrected chi connectivity index (χ0v) is 14.2. The number of rotatable bonds is 5. The van der Waals surface area contributed by atoms with Crippen LogP contribution >= 0.6 is 0 Å². The fourth-order valence-corrected chi connectivity index (χ4v) is 1.84. The van der Waals surface area contributed by atoms with Crippen molar-refractivity contribution in [2.45, 2.75) is 0 Å². The van der Waals surface area contributed by atoms with Crippen molar-refractivity contribution in [3.8, 4) is 17.2 Å². The Labute approximate surface area is 144 Å². The molecule has 0 atom stereocenters. The number of phenols is 1. The van der Waals surface area contributed by atoms with Gasteiger partial charge < -0.3 is 24.1 Å². The molecule has 25 heavy (non-hydrogen) atoms. The first-order valence-electron chi connectivity index (χ1n) is 6.92. The van der Waals surface area contributed by atoms with Gasteiger partial charge in [-0.3, -0.25) is 14.4 Å². The lowest BCUT2D eigenvalue weighted by Gasteiger charge is -2.10. The Kier molecular flexibility index (Phi) is 7.20. The van der Waals surface area contributed by atoms with Gasteiger partial charge in [0.1, 0.15) is 6.29 Å². The Bertz CT molecular complexity index is 679. The molecule has 0 aliphatic heterocycles. The van der Waals surface area contributed by atoms with Crippen molar-refractivity contribution in [3.63, 3.8) is 0 Å². The highest BCUT2D eigenvalue weighted by Gasteiger charge is 2.22. The van der Waals surface area contributed by atoms with Crippen molar-refractivity contribution in [2.75, 3.05) is 28.4 Å². The van der Waals surface area contributed by atoms with Crippen LogP contribution in [0.1, 0.15) is 10.4 Å². The van der Waals surface area contributed by atoms with Crippen molar-refractivity contribution < 1.29 is 38.4 Å². The molecule has 0 heterocycles. The Balaban J connectivity index is 0.000000251. The Morgan fingerprint density at radius 2 is 1.28 bits per heavy atom. The second kappa shape index (κ2) is 9.11. The second-order valence-electron chi connectivity index (χ2n) is 4.55. The second-order valence-corrected chi connectivity index (χ2v) is 4.55. The minimum Gasteiger partial charge on any atom is -0.502 e. The van der Waals surface area contributed by atoms with Gasteiger partial charge in [0.15, 0.2) is 28.8 Å². The summed E-state index contributed by atoms with van der Waals surface area (Å²) in [6.07, 6.45) is 2.92. The smallest absolute Gasteiger partial charge is 0.262 e. The van der Waals surface area contributed by atoms with E-state index in [4.69, 9.17) is 9.47 Å². The summed E-state index contributed by atoms with van der Waals surface area (Å²) >= 11 is 0. The molecule has 134 valence electrons. The van der Waals surface area contributed by atoms with E-state index in [9.17, 15) is 19.5 Å². The number of carbonyl (C=O) groups is 3. The highest BCUT2D eigenvalue weighted by atomic mass is 16.5. The average Bonchev–Trinajstić information content (AvgIpc) is 2.63. The first-order chi connectivity index (χ1) is 11.9. The number of phenolic OH excluding ortho intramolecular Hbond substituents is 1. The van der Waals surface area contributed by atoms with Gasteiger partial charge in [-0.2, -0.15) is 0 Å². The molecule has 0 spiro atoms. The van der Waals surface area contributed by atoms with Gasteiger partial charge in [0, 0.05) is 17.7 Å². The van der Waals surface area contributed by atoms with Crippen LogP contribution in [0.4, 0.5) is 0 Å². The van der Waals surface area contributed by atoms with E-state index in [1.54, 1.807) is 0 Å². The lowest BCUT2D eigenvalue weighted by molar-refractivity contribution is -0.120. The molecule has 2 rings (SSSR count). The third-order valence-electron chi connectivity index (χ3n) is 3.07. The largest absolute Gasteiger partial charge is 0.502 e. The minimum absolute atomic E-state index is 0.0133. The van der Waals surface area contributed by atoms with Gasteiger partial charge in [0.2, 0.25) is 5.75 Å². The number of aromatic hydroxyl groups is 1. The van der Waals surface area contributed by atoms with Crippen molar-refractivity contribution >= 4 is 17.9 Å². The summed E-state index contributed by atoms with van der Waals surface area (Å²) in [7, 11) is 5.47. The Morgan fingerprint density at radius 1 is 0.840 bits per heavy atom. The van der Waals surface area contributed by atoms with E-state index in [1.807, 2.05) is 0 Å². The molecule has 8 nitrogen and oxygen atoms in total. The molecule has 0 fully saturated rings. The van der Waals surface area contributed by atoms with Gasteiger partial charge in [-0.15, -0.1) is 0 Å². The molecule has 0 saturated carbocycles. The molecule has 0 unspecified atom stereocenters. The van der Waals surface area contributed by atoms with Gasteiger partial charge in [0.25, 0.3) is 5.78 Å². The number of benzene rings is 1. The van der Waals surface area contributed by atoms with Gasteiger partial charge in [-0.05, 0) is 12.1 Å². The maximum absolute atomic E-state index is 11.2. The zero-order valence-electron chi connectivity index (χ0n) is 14.2. The van der Waals surface area contributed by atoms with Gasteiger partial charge in [-0.25, -0.2) is 0 Å². The maximum atomic E-state index is 11.2. The monoisotopic (exact) mass is 350 g/mol. The maximum Gasteiger partial charge on any atom is 0.262 e. The number of ketones is 2. The minimum atomic E-state index is -0.403. The normalized spacial score (nSPS) is 13.0. The van der Waals surface area contributed by atoms with E-state index in [1.165, 1.54) is 40.6 Å². The fraction of sp³-hybridized carbons (Fsp3) is 0.235. The highest BCUT2D eigenvalue weighted by molar-refractivity contribution is 6.18. The fourth-order valence-electron chi connectivity index (χ4n) is 1.84. The summed E-state index contributed by atoms with van der Waals surface area (Å²) in [5.74, 6) is -0.333. The lowest BCUT2D eigenvalue weighted by atomic mass is 10.1. The first-order valence-corrected chi connectivity index (χ1v) is 6.92. The van der Waals surface area contributed by atoms with E-state index < -0.39 is 5.78 Å². The quantitative estimate of drug-likeness (QED) is 0.627. The molecule has 0 bridgehead atoms. The average molecular weight is 350 g/mol. The van der Waals surface area contributed by atoms with Gasteiger partial charge in [0.05, 0.1) is 28.4 Å². The highest BCUT2D eigenvalue weighted by Crippen LogP contribution is 2.36. The molecule has 1 aromatic carbocycles. The molecule has 1 aliphatic carbocycles. The predicted octanol–water partition coefficient (Wildman–Crippen LogP) is 1.42. The molecule has 1 aliphatic rings. The summed E-state index contributed by atoms with van der Waals surface area (Å²) < 4.78 is 19.0. The number of allylic oxidation sites excluding steroid dienone is 2. The van der Waals surface area contributed by atoms with Crippen LogP contribution in [0.2, 0.25) is 0 Å². The Hall–Kier alpha value is -3.29. The predicted molar refractivity (Wildman–Crippen MR) is 86.8 cm³/mol. The molecule has 0 amide bonds. The van der Waals surface area contributed by atoms with Crippen LogP contribution in [0.25, 0.3) is 0 Å². The summed E-state index contributed by atoms with van der Waals surface area (Å²) in [5.41, 5.74) is 0.395. The topological polar surface area (TPSA) is 108 Å². The standard InChI is InChI=1S/C9H10O4.C8H8O4/c1-12-7-3-6(5-10)4-8(13-2)9(7)11;1-11-6-3-5(9)4-7(12-2)8(6)10/h3-5,11H,1-2H3;3-4H,1-2H3. The molecule has 0 saturated heterocycles. The lowest BCUT2D eigenvalue weighted by Crippen LogP contribution is -2.16. The number of methoxy groups -OCH3 is 4. The molecular formula is C17H18O8. The van der Waals surface area contributed by atoms with Crippen molar-refractivity contribution in [3.05, 3.63) is 41.4 Å². The van der Waals surface area contributed by atoms with Crippen LogP contribution in [0.5, 0.6) is 17.2 Å². The third kappa shape index (κ3) is 4.84. The number of ether oxygens (including phenoxy) is 4. The number of Topliss-reactive ketones (excluding diaryl/α,β-unsaturated/α-hetero) is 1. The number of hydrogen-bond donors (Lipinski definition) is 1. The van der Waals surface area contributed by atoms with Crippen LogP contribution in [0.15, 0.2) is 35.8 Å². The van der Waals surface area contributed by atoms with Crippen molar-refractivity contribution in [1.29, 1.82) is 0 Å². The van der Waals surface area contributed by atoms with Crippen molar-refractivity contribution in [1.82, 2.24) is 0 Å². The summed E-state index contributed by atoms with van der Waals surface area (Å²) in [6.45, 7) is 0. The van der Waals surface area contributed by atoms with Crippen LogP contribution in [0.3, 0.4) is 0 Å². The van der Waals surface area contributed by atoms with E-state index >= 15 is 0 Å². The molecule has 8 heteroatoms. The zero-order chi connectivity index (χ0) is 19.0. The summed E-state index contributed by atoms with van der Waals surface area (Å²) in [6, 6.07) is 2.87. The Morgan fingerprint density at radius 3 is 1.60 bits per heavy atom. The molecular weight excluding hydrogens is 332 g/mol. The third-order valence-corrected chi connectivity index (χ3v) is 3.07. The van der Waals surface area contributed by atoms with Crippen LogP contribution in [-0.4, -0.2) is 51.4 Å². The summed E-state index contributed by atoms with van der Waals surface area (Å²) in [5, 5.41) is 9.44. The van der Waals surface area contributed by atoms with E-state index in [-0.39, 0.29) is 34.6 Å². The molecule has 1 N–H and O–H groups in total. The van der Waals surface area contributed by atoms with E-state index in [2.05, 4.69) is 9.47 Å². The van der Waals surface area contributed by atoms with Gasteiger partial charge in [-0.1, -0.05) is 0 Å². The number of aldehydes is 1. The van der Waals surface area contributed by atoms with E-state index in [0.29, 0.717) is 11.8 Å². The van der Waals surface area contributed by atoms with E-state index in [0.717, 1.165) is 12.2 Å². The number of hydrogen-bond acceptors (Lipinski definition) is 8.